The van der Waals surface area contributed by atoms with Gasteiger partial charge in [0.25, 0.3) is 0 Å². The van der Waals surface area contributed by atoms with E-state index in [4.69, 9.17) is 23.2 Å². The van der Waals surface area contributed by atoms with Crippen molar-refractivity contribution in [1.29, 1.82) is 0 Å². The lowest BCUT2D eigenvalue weighted by Gasteiger charge is -2.28. The van der Waals surface area contributed by atoms with Gasteiger partial charge in [0.1, 0.15) is 0 Å². The molecule has 2 N–H and O–H groups in total. The summed E-state index contributed by atoms with van der Waals surface area (Å²) in [6.07, 6.45) is 1.74. The lowest BCUT2D eigenvalue weighted by Crippen LogP contribution is -2.33. The SMILES string of the molecule is CN(CCCNS(C)(=O)=O)[C@H]1c2cc(Cl)cc(Cl)c2C[C@@H]1O. The van der Waals surface area contributed by atoms with E-state index in [1.165, 1.54) is 0 Å². The quantitative estimate of drug-likeness (QED) is 0.753. The Hall–Kier alpha value is -0.370. The van der Waals surface area contributed by atoms with E-state index in [0.717, 1.165) is 17.4 Å². The van der Waals surface area contributed by atoms with Crippen LogP contribution in [0.25, 0.3) is 0 Å². The van der Waals surface area contributed by atoms with Crippen LogP contribution in [-0.4, -0.2) is 50.9 Å². The molecule has 2 atom stereocenters. The number of likely N-dealkylation sites (N-methyl/N-ethyl adjacent to an activating group) is 1. The summed E-state index contributed by atoms with van der Waals surface area (Å²) in [5.41, 5.74) is 1.88. The van der Waals surface area contributed by atoms with Gasteiger partial charge in [0.05, 0.1) is 18.4 Å². The number of nitrogens with one attached hydrogen (secondary N) is 1. The summed E-state index contributed by atoms with van der Waals surface area (Å²) in [6, 6.07) is 3.35. The molecule has 1 aromatic carbocycles. The van der Waals surface area contributed by atoms with Gasteiger partial charge in [-0.3, -0.25) is 4.90 Å². The molecule has 0 unspecified atom stereocenters. The molecule has 1 aromatic rings. The first-order valence-electron chi connectivity index (χ1n) is 7.00. The largest absolute Gasteiger partial charge is 0.391 e. The Morgan fingerprint density at radius 2 is 2.09 bits per heavy atom. The maximum absolute atomic E-state index is 11.0. The van der Waals surface area contributed by atoms with Gasteiger partial charge < -0.3 is 5.11 Å². The number of sulfonamides is 1. The van der Waals surface area contributed by atoms with E-state index in [9.17, 15) is 13.5 Å². The highest BCUT2D eigenvalue weighted by molar-refractivity contribution is 7.88. The minimum atomic E-state index is -3.16. The molecule has 0 bridgehead atoms. The van der Waals surface area contributed by atoms with Crippen LogP contribution in [0.15, 0.2) is 12.1 Å². The molecule has 5 nitrogen and oxygen atoms in total. The maximum Gasteiger partial charge on any atom is 0.208 e. The van der Waals surface area contributed by atoms with Crippen LogP contribution in [0.3, 0.4) is 0 Å². The molecule has 0 heterocycles. The van der Waals surface area contributed by atoms with Gasteiger partial charge in [-0.05, 0) is 43.3 Å². The Labute approximate surface area is 141 Å². The zero-order chi connectivity index (χ0) is 16.5. The van der Waals surface area contributed by atoms with Crippen molar-refractivity contribution >= 4 is 33.2 Å². The molecule has 2 rings (SSSR count). The average molecular weight is 367 g/mol. The molecular formula is C14H20Cl2N2O3S. The number of rotatable bonds is 6. The molecule has 22 heavy (non-hydrogen) atoms. The summed E-state index contributed by atoms with van der Waals surface area (Å²) >= 11 is 12.3. The number of aliphatic hydroxyl groups is 1. The number of hydrogen-bond donors (Lipinski definition) is 2. The third-order valence-corrected chi connectivity index (χ3v) is 5.10. The fraction of sp³-hybridized carbons (Fsp3) is 0.571. The Kier molecular flexibility index (Phi) is 5.74. The number of aliphatic hydroxyl groups excluding tert-OH is 1. The number of hydrogen-bond acceptors (Lipinski definition) is 4. The number of halogens is 2. The topological polar surface area (TPSA) is 69.6 Å². The lowest BCUT2D eigenvalue weighted by atomic mass is 10.1. The molecule has 0 spiro atoms. The van der Waals surface area contributed by atoms with Gasteiger partial charge in [-0.2, -0.15) is 0 Å². The average Bonchev–Trinajstić information content (AvgIpc) is 2.70. The van der Waals surface area contributed by atoms with E-state index in [1.54, 1.807) is 6.07 Å². The smallest absolute Gasteiger partial charge is 0.208 e. The van der Waals surface area contributed by atoms with Crippen LogP contribution in [0, 0.1) is 0 Å². The van der Waals surface area contributed by atoms with Crippen LogP contribution in [0.2, 0.25) is 10.0 Å². The van der Waals surface area contributed by atoms with Gasteiger partial charge in [0.2, 0.25) is 10.0 Å². The molecule has 124 valence electrons. The zero-order valence-corrected chi connectivity index (χ0v) is 14.8. The highest BCUT2D eigenvalue weighted by Gasteiger charge is 2.35. The Morgan fingerprint density at radius 3 is 2.73 bits per heavy atom. The standard InChI is InChI=1S/C14H20Cl2N2O3S/c1-18(5-3-4-17-22(2,20)21)14-11-6-9(15)7-12(16)10(11)8-13(14)19/h6-7,13-14,17,19H,3-5,8H2,1-2H3/t13-,14-/m0/s1. The van der Waals surface area contributed by atoms with Gasteiger partial charge in [-0.15, -0.1) is 0 Å². The van der Waals surface area contributed by atoms with E-state index >= 15 is 0 Å². The van der Waals surface area contributed by atoms with Gasteiger partial charge in [-0.1, -0.05) is 23.2 Å². The number of benzene rings is 1. The molecule has 0 radical (unpaired) electrons. The van der Waals surface area contributed by atoms with E-state index in [1.807, 2.05) is 18.0 Å². The first-order chi connectivity index (χ1) is 10.2. The molecule has 0 amide bonds. The van der Waals surface area contributed by atoms with Crippen molar-refractivity contribution in [3.63, 3.8) is 0 Å². The predicted molar refractivity (Wildman–Crippen MR) is 89.0 cm³/mol. The van der Waals surface area contributed by atoms with Crippen LogP contribution < -0.4 is 4.72 Å². The Balaban J connectivity index is 2.04. The van der Waals surface area contributed by atoms with Crippen molar-refractivity contribution < 1.29 is 13.5 Å². The van der Waals surface area contributed by atoms with Crippen molar-refractivity contribution in [2.45, 2.75) is 25.0 Å². The summed E-state index contributed by atoms with van der Waals surface area (Å²) < 4.78 is 24.5. The van der Waals surface area contributed by atoms with Gasteiger partial charge in [0.15, 0.2) is 0 Å². The van der Waals surface area contributed by atoms with Crippen LogP contribution in [0.4, 0.5) is 0 Å². The normalized spacial score (nSPS) is 21.4. The van der Waals surface area contributed by atoms with Crippen molar-refractivity contribution in [1.82, 2.24) is 9.62 Å². The minimum Gasteiger partial charge on any atom is -0.391 e. The first kappa shape index (κ1) is 18.0. The lowest BCUT2D eigenvalue weighted by molar-refractivity contribution is 0.0760. The Morgan fingerprint density at radius 1 is 1.41 bits per heavy atom. The first-order valence-corrected chi connectivity index (χ1v) is 9.64. The Bertz CT molecular complexity index is 652. The van der Waals surface area contributed by atoms with E-state index < -0.39 is 16.1 Å². The molecule has 0 aromatic heterocycles. The second-order valence-corrected chi connectivity index (χ2v) is 8.35. The van der Waals surface area contributed by atoms with E-state index in [0.29, 0.717) is 36.0 Å². The summed E-state index contributed by atoms with van der Waals surface area (Å²) in [5.74, 6) is 0. The maximum atomic E-state index is 11.0. The molecular weight excluding hydrogens is 347 g/mol. The summed E-state index contributed by atoms with van der Waals surface area (Å²) in [6.45, 7) is 1.02. The molecule has 0 aliphatic heterocycles. The van der Waals surface area contributed by atoms with Crippen LogP contribution in [0.5, 0.6) is 0 Å². The van der Waals surface area contributed by atoms with Gasteiger partial charge in [0, 0.05) is 23.0 Å². The minimum absolute atomic E-state index is 0.176. The molecule has 1 aliphatic rings. The zero-order valence-electron chi connectivity index (χ0n) is 12.5. The van der Waals surface area contributed by atoms with Gasteiger partial charge >= 0.3 is 0 Å². The molecule has 1 aliphatic carbocycles. The van der Waals surface area contributed by atoms with Gasteiger partial charge in [-0.25, -0.2) is 13.1 Å². The fourth-order valence-electron chi connectivity index (χ4n) is 2.89. The molecule has 0 saturated carbocycles. The van der Waals surface area contributed by atoms with Crippen LogP contribution in [0.1, 0.15) is 23.6 Å². The van der Waals surface area contributed by atoms with E-state index in [-0.39, 0.29) is 6.04 Å². The van der Waals surface area contributed by atoms with Crippen LogP contribution in [-0.2, 0) is 16.4 Å². The third-order valence-electron chi connectivity index (χ3n) is 3.82. The predicted octanol–water partition coefficient (Wildman–Crippen LogP) is 1.82. The monoisotopic (exact) mass is 366 g/mol. The fourth-order valence-corrected chi connectivity index (χ4v) is 3.99. The second kappa shape index (κ2) is 7.03. The highest BCUT2D eigenvalue weighted by atomic mass is 35.5. The molecule has 0 fully saturated rings. The summed E-state index contributed by atoms with van der Waals surface area (Å²) in [7, 11) is -1.26. The van der Waals surface area contributed by atoms with E-state index in [2.05, 4.69) is 4.72 Å². The summed E-state index contributed by atoms with van der Waals surface area (Å²) in [5, 5.41) is 11.5. The third kappa shape index (κ3) is 4.34. The second-order valence-electron chi connectivity index (χ2n) is 5.67. The number of fused-ring (bicyclic) bond motifs is 1. The van der Waals surface area contributed by atoms with Crippen molar-refractivity contribution in [3.8, 4) is 0 Å². The van der Waals surface area contributed by atoms with Crippen molar-refractivity contribution in [2.75, 3.05) is 26.4 Å². The molecule has 0 saturated heterocycles. The number of nitrogens with zero attached hydrogens (tertiary/aromatic N) is 1. The van der Waals surface area contributed by atoms with Crippen molar-refractivity contribution in [2.24, 2.45) is 0 Å². The van der Waals surface area contributed by atoms with Crippen molar-refractivity contribution in [3.05, 3.63) is 33.3 Å². The van der Waals surface area contributed by atoms with Crippen LogP contribution >= 0.6 is 23.2 Å². The summed E-state index contributed by atoms with van der Waals surface area (Å²) in [4.78, 5) is 2.01. The molecule has 8 heteroatoms. The highest BCUT2D eigenvalue weighted by Crippen LogP contribution is 2.40.